The molecule has 0 spiro atoms. The number of amides is 2. The summed E-state index contributed by atoms with van der Waals surface area (Å²) in [6.45, 7) is 1.56. The third-order valence-electron chi connectivity index (χ3n) is 4.32. The lowest BCUT2D eigenvalue weighted by molar-refractivity contribution is -0.131. The van der Waals surface area contributed by atoms with Gasteiger partial charge in [-0.2, -0.15) is 0 Å². The molecule has 32 heavy (non-hydrogen) atoms. The van der Waals surface area contributed by atoms with Gasteiger partial charge < -0.3 is 15.4 Å². The van der Waals surface area contributed by atoms with Gasteiger partial charge in [0, 0.05) is 35.8 Å². The largest absolute Gasteiger partial charge is 0.427 e. The summed E-state index contributed by atoms with van der Waals surface area (Å²) in [5, 5.41) is 6.16. The van der Waals surface area contributed by atoms with Crippen LogP contribution in [0.5, 0.6) is 5.75 Å². The van der Waals surface area contributed by atoms with Crippen molar-refractivity contribution in [3.8, 4) is 5.75 Å². The number of nitrogens with one attached hydrogen (secondary N) is 2. The standard InChI is InChI=1S/C25H21ClN2O4/c1-17(29)32-22-10-5-8-20(15-22)25(31)27-16-18-6-4-9-21(14-18)28-24(30)13-12-19-7-2-3-11-23(19)26/h2-15H,16H2,1H3,(H,27,31)(H,28,30)/b13-12+. The van der Waals surface area contributed by atoms with E-state index < -0.39 is 5.97 Å². The van der Waals surface area contributed by atoms with Crippen LogP contribution in [0.4, 0.5) is 5.69 Å². The van der Waals surface area contributed by atoms with Gasteiger partial charge in [0.2, 0.25) is 5.91 Å². The highest BCUT2D eigenvalue weighted by Gasteiger charge is 2.08. The van der Waals surface area contributed by atoms with E-state index in [9.17, 15) is 14.4 Å². The van der Waals surface area contributed by atoms with Crippen LogP contribution in [0.1, 0.15) is 28.4 Å². The van der Waals surface area contributed by atoms with Gasteiger partial charge in [-0.1, -0.05) is 48.0 Å². The number of benzene rings is 3. The molecule has 0 fully saturated rings. The van der Waals surface area contributed by atoms with Crippen LogP contribution in [0.3, 0.4) is 0 Å². The van der Waals surface area contributed by atoms with Crippen molar-refractivity contribution < 1.29 is 19.1 Å². The van der Waals surface area contributed by atoms with Crippen LogP contribution in [0, 0.1) is 0 Å². The van der Waals surface area contributed by atoms with Gasteiger partial charge in [0.05, 0.1) is 0 Å². The van der Waals surface area contributed by atoms with Crippen LogP contribution in [0.25, 0.3) is 6.08 Å². The molecule has 0 bridgehead atoms. The quantitative estimate of drug-likeness (QED) is 0.307. The van der Waals surface area contributed by atoms with Gasteiger partial charge in [0.15, 0.2) is 0 Å². The zero-order chi connectivity index (χ0) is 22.9. The topological polar surface area (TPSA) is 84.5 Å². The van der Waals surface area contributed by atoms with Gasteiger partial charge >= 0.3 is 5.97 Å². The van der Waals surface area contributed by atoms with E-state index in [0.717, 1.165) is 11.1 Å². The third kappa shape index (κ3) is 6.82. The minimum atomic E-state index is -0.455. The Kier molecular flexibility index (Phi) is 7.78. The maximum atomic E-state index is 12.4. The number of hydrogen-bond donors (Lipinski definition) is 2. The molecule has 0 heterocycles. The molecule has 0 atom stereocenters. The first-order valence-corrected chi connectivity index (χ1v) is 10.2. The molecule has 3 aromatic rings. The molecule has 7 heteroatoms. The summed E-state index contributed by atoms with van der Waals surface area (Å²) in [5.41, 5.74) is 2.53. The van der Waals surface area contributed by atoms with Crippen LogP contribution in [-0.4, -0.2) is 17.8 Å². The van der Waals surface area contributed by atoms with Crippen LogP contribution in [0.2, 0.25) is 5.02 Å². The maximum absolute atomic E-state index is 12.4. The van der Waals surface area contributed by atoms with Crippen LogP contribution in [0.15, 0.2) is 78.9 Å². The van der Waals surface area contributed by atoms with E-state index in [-0.39, 0.29) is 18.4 Å². The molecule has 3 aromatic carbocycles. The monoisotopic (exact) mass is 448 g/mol. The molecular weight excluding hydrogens is 428 g/mol. The third-order valence-corrected chi connectivity index (χ3v) is 4.67. The Morgan fingerprint density at radius 3 is 2.53 bits per heavy atom. The zero-order valence-corrected chi connectivity index (χ0v) is 18.1. The minimum Gasteiger partial charge on any atom is -0.427 e. The Bertz CT molecular complexity index is 1170. The minimum absolute atomic E-state index is 0.260. The Labute approximate surface area is 190 Å². The normalized spacial score (nSPS) is 10.6. The lowest BCUT2D eigenvalue weighted by atomic mass is 10.1. The molecule has 0 aliphatic carbocycles. The Morgan fingerprint density at radius 2 is 1.75 bits per heavy atom. The van der Waals surface area contributed by atoms with Crippen molar-refractivity contribution >= 4 is 41.1 Å². The molecule has 0 saturated carbocycles. The van der Waals surface area contributed by atoms with Crippen molar-refractivity contribution in [1.82, 2.24) is 5.32 Å². The summed E-state index contributed by atoms with van der Waals surface area (Å²) in [7, 11) is 0. The summed E-state index contributed by atoms with van der Waals surface area (Å²) in [4.78, 5) is 35.7. The SMILES string of the molecule is CC(=O)Oc1cccc(C(=O)NCc2cccc(NC(=O)/C=C/c3ccccc3Cl)c2)c1. The van der Waals surface area contributed by atoms with E-state index in [2.05, 4.69) is 10.6 Å². The van der Waals surface area contributed by atoms with Gasteiger partial charge in [0.1, 0.15) is 5.75 Å². The Balaban J connectivity index is 1.58. The first-order chi connectivity index (χ1) is 15.4. The van der Waals surface area contributed by atoms with Gasteiger partial charge in [-0.25, -0.2) is 0 Å². The van der Waals surface area contributed by atoms with Crippen LogP contribution < -0.4 is 15.4 Å². The smallest absolute Gasteiger partial charge is 0.308 e. The molecule has 0 aliphatic rings. The first kappa shape index (κ1) is 22.8. The number of esters is 1. The van der Waals surface area contributed by atoms with Gasteiger partial charge in [0.25, 0.3) is 5.91 Å². The van der Waals surface area contributed by atoms with E-state index in [4.69, 9.17) is 16.3 Å². The number of hydrogen-bond acceptors (Lipinski definition) is 4. The predicted octanol–water partition coefficient (Wildman–Crippen LogP) is 4.85. The van der Waals surface area contributed by atoms with Crippen molar-refractivity contribution in [2.24, 2.45) is 0 Å². The molecule has 2 N–H and O–H groups in total. The maximum Gasteiger partial charge on any atom is 0.308 e. The first-order valence-electron chi connectivity index (χ1n) is 9.80. The molecule has 0 saturated heterocycles. The fourth-order valence-electron chi connectivity index (χ4n) is 2.87. The van der Waals surface area contributed by atoms with Crippen molar-refractivity contribution in [3.63, 3.8) is 0 Å². The molecule has 162 valence electrons. The van der Waals surface area contributed by atoms with E-state index in [1.807, 2.05) is 24.3 Å². The number of halogens is 1. The summed E-state index contributed by atoms with van der Waals surface area (Å²) >= 11 is 6.08. The number of carbonyl (C=O) groups is 3. The van der Waals surface area contributed by atoms with Crippen molar-refractivity contribution in [2.75, 3.05) is 5.32 Å². The fraction of sp³-hybridized carbons (Fsp3) is 0.0800. The second-order valence-corrected chi connectivity index (χ2v) is 7.26. The summed E-state index contributed by atoms with van der Waals surface area (Å²) in [6, 6.07) is 20.8. The molecule has 2 amide bonds. The zero-order valence-electron chi connectivity index (χ0n) is 17.3. The highest BCUT2D eigenvalue weighted by molar-refractivity contribution is 6.32. The van der Waals surface area contributed by atoms with Crippen molar-refractivity contribution in [1.29, 1.82) is 0 Å². The van der Waals surface area contributed by atoms with E-state index >= 15 is 0 Å². The number of ether oxygens (including phenoxy) is 1. The van der Waals surface area contributed by atoms with Gasteiger partial charge in [-0.3, -0.25) is 14.4 Å². The van der Waals surface area contributed by atoms with E-state index in [0.29, 0.717) is 22.0 Å². The van der Waals surface area contributed by atoms with Crippen LogP contribution in [-0.2, 0) is 16.1 Å². The second-order valence-electron chi connectivity index (χ2n) is 6.85. The summed E-state index contributed by atoms with van der Waals surface area (Å²) in [6.07, 6.45) is 3.05. The Hall–Kier alpha value is -3.90. The lowest BCUT2D eigenvalue weighted by Crippen LogP contribution is -2.23. The fourth-order valence-corrected chi connectivity index (χ4v) is 3.07. The molecule has 3 rings (SSSR count). The second kappa shape index (κ2) is 10.9. The number of rotatable bonds is 7. The molecule has 0 aliphatic heterocycles. The van der Waals surface area contributed by atoms with E-state index in [1.165, 1.54) is 19.1 Å². The molecule has 0 aromatic heterocycles. The van der Waals surface area contributed by atoms with Crippen LogP contribution >= 0.6 is 11.6 Å². The summed E-state index contributed by atoms with van der Waals surface area (Å²) in [5.74, 6) is -0.757. The summed E-state index contributed by atoms with van der Waals surface area (Å²) < 4.78 is 5.00. The Morgan fingerprint density at radius 1 is 0.969 bits per heavy atom. The average molecular weight is 449 g/mol. The molecule has 6 nitrogen and oxygen atoms in total. The van der Waals surface area contributed by atoms with Gasteiger partial charge in [-0.05, 0) is 53.6 Å². The number of carbonyl (C=O) groups excluding carboxylic acids is 3. The molecule has 0 unspecified atom stereocenters. The number of anilines is 1. The molecular formula is C25H21ClN2O4. The highest BCUT2D eigenvalue weighted by atomic mass is 35.5. The molecule has 0 radical (unpaired) electrons. The van der Waals surface area contributed by atoms with Crippen molar-refractivity contribution in [3.05, 3.63) is 101 Å². The lowest BCUT2D eigenvalue weighted by Gasteiger charge is -2.09. The average Bonchev–Trinajstić information content (AvgIpc) is 2.77. The highest BCUT2D eigenvalue weighted by Crippen LogP contribution is 2.17. The predicted molar refractivity (Wildman–Crippen MR) is 124 cm³/mol. The van der Waals surface area contributed by atoms with Gasteiger partial charge in [-0.15, -0.1) is 0 Å². The van der Waals surface area contributed by atoms with Crippen molar-refractivity contribution in [2.45, 2.75) is 13.5 Å². The van der Waals surface area contributed by atoms with E-state index in [1.54, 1.807) is 48.5 Å².